The molecule has 112 valence electrons. The summed E-state index contributed by atoms with van der Waals surface area (Å²) in [5, 5.41) is 6.49. The van der Waals surface area contributed by atoms with Crippen LogP contribution < -0.4 is 10.6 Å². The van der Waals surface area contributed by atoms with Crippen LogP contribution in [0, 0.1) is 17.8 Å². The molecule has 2 fully saturated rings. The smallest absolute Gasteiger partial charge is 0.223 e. The van der Waals surface area contributed by atoms with Gasteiger partial charge in [0.15, 0.2) is 0 Å². The van der Waals surface area contributed by atoms with E-state index in [1.807, 2.05) is 0 Å². The first-order chi connectivity index (χ1) is 9.83. The van der Waals surface area contributed by atoms with Gasteiger partial charge < -0.3 is 10.6 Å². The van der Waals surface area contributed by atoms with Crippen molar-refractivity contribution in [1.82, 2.24) is 10.6 Å². The highest BCUT2D eigenvalue weighted by Gasteiger charge is 2.34. The van der Waals surface area contributed by atoms with Crippen LogP contribution in [0.3, 0.4) is 0 Å². The van der Waals surface area contributed by atoms with Crippen LogP contribution in [0.1, 0.15) is 51.4 Å². The zero-order chi connectivity index (χ0) is 13.8. The lowest BCUT2D eigenvalue weighted by atomic mass is 9.67. The first-order valence-electron chi connectivity index (χ1n) is 8.49. The Bertz CT molecular complexity index is 377. The van der Waals surface area contributed by atoms with Crippen molar-refractivity contribution < 1.29 is 4.79 Å². The predicted molar refractivity (Wildman–Crippen MR) is 81.4 cm³/mol. The molecule has 2 aliphatic carbocycles. The van der Waals surface area contributed by atoms with E-state index in [2.05, 4.69) is 16.7 Å². The van der Waals surface area contributed by atoms with Gasteiger partial charge in [-0.25, -0.2) is 0 Å². The van der Waals surface area contributed by atoms with Crippen LogP contribution in [0.25, 0.3) is 0 Å². The lowest BCUT2D eigenvalue weighted by molar-refractivity contribution is -0.127. The number of nitrogens with one attached hydrogen (secondary N) is 2. The molecule has 1 amide bonds. The summed E-state index contributed by atoms with van der Waals surface area (Å²) in [6.45, 7) is 2.78. The molecule has 3 unspecified atom stereocenters. The Hall–Kier alpha value is -0.830. The molecule has 2 N–H and O–H groups in total. The number of hydrogen-bond donors (Lipinski definition) is 2. The molecule has 3 nitrogen and oxygen atoms in total. The highest BCUT2D eigenvalue weighted by atomic mass is 16.1. The van der Waals surface area contributed by atoms with Crippen molar-refractivity contribution in [3.8, 4) is 0 Å². The third kappa shape index (κ3) is 3.43. The normalized spacial score (nSPS) is 34.0. The van der Waals surface area contributed by atoms with Crippen LogP contribution in [-0.4, -0.2) is 25.5 Å². The van der Waals surface area contributed by atoms with Crippen molar-refractivity contribution >= 4 is 5.91 Å². The molecule has 0 spiro atoms. The Labute approximate surface area is 122 Å². The summed E-state index contributed by atoms with van der Waals surface area (Å²) in [6.07, 6.45) is 12.4. The predicted octanol–water partition coefficient (Wildman–Crippen LogP) is 2.63. The van der Waals surface area contributed by atoms with Crippen LogP contribution in [0.5, 0.6) is 0 Å². The Morgan fingerprint density at radius 3 is 2.85 bits per heavy atom. The minimum Gasteiger partial charge on any atom is -0.352 e. The van der Waals surface area contributed by atoms with Gasteiger partial charge in [0.1, 0.15) is 0 Å². The van der Waals surface area contributed by atoms with E-state index in [0.717, 1.165) is 50.7 Å². The van der Waals surface area contributed by atoms with Gasteiger partial charge in [-0.3, -0.25) is 4.79 Å². The summed E-state index contributed by atoms with van der Waals surface area (Å²) in [5.74, 6) is 2.37. The second-order valence-electron chi connectivity index (χ2n) is 6.85. The average molecular weight is 276 g/mol. The van der Waals surface area contributed by atoms with E-state index in [9.17, 15) is 4.79 Å². The number of fused-ring (bicyclic) bond motifs is 1. The third-order valence-corrected chi connectivity index (χ3v) is 5.56. The Kier molecular flexibility index (Phi) is 4.77. The molecule has 0 aromatic rings. The maximum Gasteiger partial charge on any atom is 0.223 e. The minimum absolute atomic E-state index is 0.289. The second-order valence-corrected chi connectivity index (χ2v) is 6.85. The zero-order valence-electron chi connectivity index (χ0n) is 12.5. The van der Waals surface area contributed by atoms with Gasteiger partial charge in [0, 0.05) is 19.0 Å². The first-order valence-corrected chi connectivity index (χ1v) is 8.49. The molecule has 20 heavy (non-hydrogen) atoms. The molecule has 0 aromatic heterocycles. The van der Waals surface area contributed by atoms with E-state index in [0.29, 0.717) is 5.91 Å². The third-order valence-electron chi connectivity index (χ3n) is 5.56. The second kappa shape index (κ2) is 6.75. The van der Waals surface area contributed by atoms with Crippen molar-refractivity contribution in [2.75, 3.05) is 19.6 Å². The average Bonchev–Trinajstić information content (AvgIpc) is 2.53. The minimum atomic E-state index is 0.289. The van der Waals surface area contributed by atoms with Gasteiger partial charge in [-0.1, -0.05) is 37.3 Å². The summed E-state index contributed by atoms with van der Waals surface area (Å²) in [6, 6.07) is 0. The number of carbonyl (C=O) groups excluding carboxylic acids is 1. The summed E-state index contributed by atoms with van der Waals surface area (Å²) >= 11 is 0. The monoisotopic (exact) mass is 276 g/mol. The summed E-state index contributed by atoms with van der Waals surface area (Å²) in [7, 11) is 0. The summed E-state index contributed by atoms with van der Waals surface area (Å²) < 4.78 is 0. The highest BCUT2D eigenvalue weighted by Crippen LogP contribution is 2.42. The molecule has 0 saturated heterocycles. The number of hydrogen-bond acceptors (Lipinski definition) is 2. The zero-order valence-corrected chi connectivity index (χ0v) is 12.5. The molecular formula is C17H28N2O. The van der Waals surface area contributed by atoms with Gasteiger partial charge in [0.05, 0.1) is 0 Å². The van der Waals surface area contributed by atoms with Gasteiger partial charge in [0.2, 0.25) is 5.91 Å². The molecule has 3 rings (SSSR count). The van der Waals surface area contributed by atoms with Crippen LogP contribution >= 0.6 is 0 Å². The molecule has 3 atom stereocenters. The van der Waals surface area contributed by atoms with Gasteiger partial charge in [-0.15, -0.1) is 0 Å². The van der Waals surface area contributed by atoms with Crippen molar-refractivity contribution in [2.45, 2.75) is 51.4 Å². The Balaban J connectivity index is 1.46. The summed E-state index contributed by atoms with van der Waals surface area (Å²) in [4.78, 5) is 12.4. The van der Waals surface area contributed by atoms with E-state index in [1.165, 1.54) is 37.7 Å². The topological polar surface area (TPSA) is 41.1 Å². The standard InChI is InChI=1S/C17H28N2O/c20-17(19-12-13-7-9-18-10-8-13)16-6-5-14-3-1-2-4-15(14)11-16/h7,14-16,18H,1-6,8-12H2,(H,19,20). The Morgan fingerprint density at radius 1 is 1.20 bits per heavy atom. The fourth-order valence-corrected chi connectivity index (χ4v) is 4.29. The molecule has 1 aliphatic heterocycles. The molecule has 2 saturated carbocycles. The number of carbonyl (C=O) groups is 1. The molecule has 0 aromatic carbocycles. The quantitative estimate of drug-likeness (QED) is 0.778. The first kappa shape index (κ1) is 14.1. The fraction of sp³-hybridized carbons (Fsp3) is 0.824. The lowest BCUT2D eigenvalue weighted by Crippen LogP contribution is -2.38. The van der Waals surface area contributed by atoms with Crippen molar-refractivity contribution in [3.63, 3.8) is 0 Å². The van der Waals surface area contributed by atoms with E-state index in [-0.39, 0.29) is 5.92 Å². The largest absolute Gasteiger partial charge is 0.352 e. The van der Waals surface area contributed by atoms with Crippen LogP contribution in [-0.2, 0) is 4.79 Å². The molecule has 1 heterocycles. The van der Waals surface area contributed by atoms with E-state index < -0.39 is 0 Å². The van der Waals surface area contributed by atoms with Gasteiger partial charge in [-0.05, 0) is 44.1 Å². The van der Waals surface area contributed by atoms with Gasteiger partial charge >= 0.3 is 0 Å². The van der Waals surface area contributed by atoms with E-state index in [4.69, 9.17) is 0 Å². The van der Waals surface area contributed by atoms with Gasteiger partial charge in [0.25, 0.3) is 0 Å². The van der Waals surface area contributed by atoms with Crippen LogP contribution in [0.4, 0.5) is 0 Å². The maximum atomic E-state index is 12.4. The highest BCUT2D eigenvalue weighted by molar-refractivity contribution is 5.79. The van der Waals surface area contributed by atoms with Crippen molar-refractivity contribution in [3.05, 3.63) is 11.6 Å². The van der Waals surface area contributed by atoms with Crippen molar-refractivity contribution in [1.29, 1.82) is 0 Å². The molecular weight excluding hydrogens is 248 g/mol. The van der Waals surface area contributed by atoms with E-state index in [1.54, 1.807) is 0 Å². The van der Waals surface area contributed by atoms with Gasteiger partial charge in [-0.2, -0.15) is 0 Å². The van der Waals surface area contributed by atoms with Crippen LogP contribution in [0.15, 0.2) is 11.6 Å². The maximum absolute atomic E-state index is 12.4. The molecule has 3 heteroatoms. The number of amides is 1. The fourth-order valence-electron chi connectivity index (χ4n) is 4.29. The molecule has 0 bridgehead atoms. The molecule has 0 radical (unpaired) electrons. The SMILES string of the molecule is O=C(NCC1=CCNCC1)C1CCC2CCCCC2C1. The molecule has 3 aliphatic rings. The number of rotatable bonds is 3. The van der Waals surface area contributed by atoms with Crippen molar-refractivity contribution in [2.24, 2.45) is 17.8 Å². The lowest BCUT2D eigenvalue weighted by Gasteiger charge is -2.38. The van der Waals surface area contributed by atoms with Crippen LogP contribution in [0.2, 0.25) is 0 Å². The Morgan fingerprint density at radius 2 is 2.05 bits per heavy atom. The summed E-state index contributed by atoms with van der Waals surface area (Å²) in [5.41, 5.74) is 1.39. The van der Waals surface area contributed by atoms with E-state index >= 15 is 0 Å².